The smallest absolute Gasteiger partial charge is 0.315 e. The van der Waals surface area contributed by atoms with Crippen LogP contribution >= 0.6 is 0 Å². The molecule has 0 aromatic heterocycles. The van der Waals surface area contributed by atoms with E-state index in [2.05, 4.69) is 16.7 Å². The van der Waals surface area contributed by atoms with Crippen molar-refractivity contribution in [3.8, 4) is 0 Å². The van der Waals surface area contributed by atoms with Gasteiger partial charge in [0.25, 0.3) is 0 Å². The molecule has 0 unspecified atom stereocenters. The molecule has 0 aliphatic heterocycles. The Bertz CT molecular complexity index is 516. The van der Waals surface area contributed by atoms with Gasteiger partial charge in [-0.15, -0.1) is 0 Å². The number of carboxylic acids is 1. The number of aryl methyl sites for hydroxylation is 1. The standard InChI is InChI=1S/C16H22N2O3/c1-11-3-2-4-12(9-11)7-8-17-16(21)18-14-6-5-13(10-14)15(19)20/h2-4,9,13-14H,5-8,10H2,1H3,(H,19,20)(H2,17,18,21)/t13-,14+/m1/s1. The van der Waals surface area contributed by atoms with Crippen molar-refractivity contribution < 1.29 is 14.7 Å². The van der Waals surface area contributed by atoms with Crippen LogP contribution in [-0.4, -0.2) is 29.7 Å². The highest BCUT2D eigenvalue weighted by atomic mass is 16.4. The van der Waals surface area contributed by atoms with Crippen LogP contribution in [0.1, 0.15) is 30.4 Å². The molecule has 1 aliphatic carbocycles. The molecule has 1 fully saturated rings. The summed E-state index contributed by atoms with van der Waals surface area (Å²) in [6, 6.07) is 7.97. The maximum atomic E-state index is 11.8. The third kappa shape index (κ3) is 4.77. The fraction of sp³-hybridized carbons (Fsp3) is 0.500. The molecule has 1 saturated carbocycles. The zero-order valence-corrected chi connectivity index (χ0v) is 12.3. The quantitative estimate of drug-likeness (QED) is 0.777. The minimum absolute atomic E-state index is 0.0231. The second-order valence-corrected chi connectivity index (χ2v) is 5.68. The summed E-state index contributed by atoms with van der Waals surface area (Å²) in [6.07, 6.45) is 2.70. The Morgan fingerprint density at radius 2 is 2.14 bits per heavy atom. The van der Waals surface area contributed by atoms with Gasteiger partial charge in [0.1, 0.15) is 0 Å². The van der Waals surface area contributed by atoms with Crippen LogP contribution in [0.15, 0.2) is 24.3 Å². The summed E-state index contributed by atoms with van der Waals surface area (Å²) in [5.74, 6) is -1.08. The lowest BCUT2D eigenvalue weighted by molar-refractivity contribution is -0.141. The van der Waals surface area contributed by atoms with Gasteiger partial charge in [-0.3, -0.25) is 4.79 Å². The van der Waals surface area contributed by atoms with Crippen molar-refractivity contribution >= 4 is 12.0 Å². The Morgan fingerprint density at radius 1 is 1.33 bits per heavy atom. The first-order chi connectivity index (χ1) is 10.0. The Hall–Kier alpha value is -2.04. The number of carboxylic acid groups (broad SMARTS) is 1. The van der Waals surface area contributed by atoms with Crippen LogP contribution in [0.4, 0.5) is 4.79 Å². The van der Waals surface area contributed by atoms with Gasteiger partial charge >= 0.3 is 12.0 Å². The van der Waals surface area contributed by atoms with E-state index in [1.165, 1.54) is 11.1 Å². The highest BCUT2D eigenvalue weighted by Crippen LogP contribution is 2.25. The van der Waals surface area contributed by atoms with Gasteiger partial charge in [-0.05, 0) is 38.2 Å². The summed E-state index contributed by atoms with van der Waals surface area (Å²) in [7, 11) is 0. The van der Waals surface area contributed by atoms with Gasteiger partial charge in [0, 0.05) is 12.6 Å². The van der Waals surface area contributed by atoms with Crippen molar-refractivity contribution in [3.05, 3.63) is 35.4 Å². The van der Waals surface area contributed by atoms with Gasteiger partial charge in [-0.25, -0.2) is 4.79 Å². The normalized spacial score (nSPS) is 21.0. The molecule has 0 bridgehead atoms. The van der Waals surface area contributed by atoms with Crippen molar-refractivity contribution in [1.29, 1.82) is 0 Å². The Balaban J connectivity index is 1.67. The lowest BCUT2D eigenvalue weighted by Gasteiger charge is -2.13. The molecule has 2 amide bonds. The van der Waals surface area contributed by atoms with E-state index in [9.17, 15) is 9.59 Å². The lowest BCUT2D eigenvalue weighted by atomic mass is 10.1. The number of benzene rings is 1. The fourth-order valence-electron chi connectivity index (χ4n) is 2.76. The fourth-order valence-corrected chi connectivity index (χ4v) is 2.76. The van der Waals surface area contributed by atoms with E-state index < -0.39 is 5.97 Å². The van der Waals surface area contributed by atoms with Crippen LogP contribution < -0.4 is 10.6 Å². The molecule has 3 N–H and O–H groups in total. The first-order valence-electron chi connectivity index (χ1n) is 7.37. The average Bonchev–Trinajstić information content (AvgIpc) is 2.87. The van der Waals surface area contributed by atoms with Crippen LogP contribution in [0.25, 0.3) is 0 Å². The highest BCUT2D eigenvalue weighted by Gasteiger charge is 2.30. The third-order valence-electron chi connectivity index (χ3n) is 3.90. The number of carbonyl (C=O) groups excluding carboxylic acids is 1. The first kappa shape index (κ1) is 15.4. The largest absolute Gasteiger partial charge is 0.481 e. The number of aliphatic carboxylic acids is 1. The predicted molar refractivity (Wildman–Crippen MR) is 80.2 cm³/mol. The van der Waals surface area contributed by atoms with Gasteiger partial charge in [0.05, 0.1) is 5.92 Å². The van der Waals surface area contributed by atoms with E-state index in [0.717, 1.165) is 12.8 Å². The molecule has 2 rings (SSSR count). The monoisotopic (exact) mass is 290 g/mol. The van der Waals surface area contributed by atoms with Crippen LogP contribution in [0.2, 0.25) is 0 Å². The number of nitrogens with one attached hydrogen (secondary N) is 2. The molecule has 2 atom stereocenters. The van der Waals surface area contributed by atoms with Gasteiger partial charge in [0.15, 0.2) is 0 Å². The van der Waals surface area contributed by atoms with Crippen molar-refractivity contribution in [3.63, 3.8) is 0 Å². The zero-order chi connectivity index (χ0) is 15.2. The summed E-state index contributed by atoms with van der Waals surface area (Å²) < 4.78 is 0. The SMILES string of the molecule is Cc1cccc(CCNC(=O)N[C@H]2CC[C@@H](C(=O)O)C2)c1. The third-order valence-corrected chi connectivity index (χ3v) is 3.90. The maximum absolute atomic E-state index is 11.8. The van der Waals surface area contributed by atoms with Crippen molar-refractivity contribution in [2.45, 2.75) is 38.6 Å². The van der Waals surface area contributed by atoms with Crippen molar-refractivity contribution in [2.24, 2.45) is 5.92 Å². The van der Waals surface area contributed by atoms with Crippen LogP contribution in [0.5, 0.6) is 0 Å². The molecule has 1 aromatic rings. The molecule has 114 valence electrons. The second-order valence-electron chi connectivity index (χ2n) is 5.68. The molecule has 21 heavy (non-hydrogen) atoms. The number of amides is 2. The van der Waals surface area contributed by atoms with E-state index in [1.807, 2.05) is 25.1 Å². The summed E-state index contributed by atoms with van der Waals surface area (Å²) in [6.45, 7) is 2.62. The van der Waals surface area contributed by atoms with Crippen LogP contribution in [-0.2, 0) is 11.2 Å². The van der Waals surface area contributed by atoms with Crippen molar-refractivity contribution in [1.82, 2.24) is 10.6 Å². The molecule has 0 heterocycles. The molecule has 5 heteroatoms. The minimum Gasteiger partial charge on any atom is -0.481 e. The Kier molecular flexibility index (Phi) is 5.20. The molecule has 5 nitrogen and oxygen atoms in total. The number of carbonyl (C=O) groups is 2. The molecule has 1 aromatic carbocycles. The van der Waals surface area contributed by atoms with E-state index in [1.54, 1.807) is 0 Å². The topological polar surface area (TPSA) is 78.4 Å². The molecular formula is C16H22N2O3. The molecule has 0 spiro atoms. The van der Waals surface area contributed by atoms with Crippen LogP contribution in [0, 0.1) is 12.8 Å². The van der Waals surface area contributed by atoms with Gasteiger partial charge in [0.2, 0.25) is 0 Å². The second kappa shape index (κ2) is 7.11. The Labute approximate surface area is 124 Å². The summed E-state index contributed by atoms with van der Waals surface area (Å²) in [5, 5.41) is 14.6. The molecule has 0 saturated heterocycles. The molecule has 0 radical (unpaired) electrons. The van der Waals surface area contributed by atoms with Gasteiger partial charge < -0.3 is 15.7 Å². The molecule has 1 aliphatic rings. The zero-order valence-electron chi connectivity index (χ0n) is 12.3. The van der Waals surface area contributed by atoms with E-state index >= 15 is 0 Å². The predicted octanol–water partition coefficient (Wildman–Crippen LogP) is 2.09. The number of urea groups is 1. The van der Waals surface area contributed by atoms with E-state index in [0.29, 0.717) is 19.4 Å². The molecular weight excluding hydrogens is 268 g/mol. The van der Waals surface area contributed by atoms with E-state index in [4.69, 9.17) is 5.11 Å². The maximum Gasteiger partial charge on any atom is 0.315 e. The van der Waals surface area contributed by atoms with Crippen molar-refractivity contribution in [2.75, 3.05) is 6.54 Å². The Morgan fingerprint density at radius 3 is 2.81 bits per heavy atom. The summed E-state index contributed by atoms with van der Waals surface area (Å²) >= 11 is 0. The van der Waals surface area contributed by atoms with Gasteiger partial charge in [-0.1, -0.05) is 29.8 Å². The average molecular weight is 290 g/mol. The van der Waals surface area contributed by atoms with Crippen LogP contribution in [0.3, 0.4) is 0 Å². The number of hydrogen-bond donors (Lipinski definition) is 3. The van der Waals surface area contributed by atoms with E-state index in [-0.39, 0.29) is 18.0 Å². The lowest BCUT2D eigenvalue weighted by Crippen LogP contribution is -2.41. The summed E-state index contributed by atoms with van der Waals surface area (Å²) in [5.41, 5.74) is 2.41. The highest BCUT2D eigenvalue weighted by molar-refractivity contribution is 5.75. The number of hydrogen-bond acceptors (Lipinski definition) is 2. The first-order valence-corrected chi connectivity index (χ1v) is 7.37. The summed E-state index contributed by atoms with van der Waals surface area (Å²) in [4.78, 5) is 22.6. The van der Waals surface area contributed by atoms with Gasteiger partial charge in [-0.2, -0.15) is 0 Å². The minimum atomic E-state index is -0.765. The number of rotatable bonds is 5.